The second-order valence-electron chi connectivity index (χ2n) is 2.85. The number of nitrogens with zero attached hydrogens (tertiary/aromatic N) is 1. The van der Waals surface area contributed by atoms with Gasteiger partial charge in [0.25, 0.3) is 5.88 Å². The number of nitrogens with two attached hydrogens (primary N) is 2. The number of hydrogen-bond acceptors (Lipinski definition) is 5. The third-order valence-corrected chi connectivity index (χ3v) is 1.85. The number of fused-ring (bicyclic) bond motifs is 1. The van der Waals surface area contributed by atoms with Crippen LogP contribution >= 0.6 is 24.8 Å². The Balaban J connectivity index is 0.00000112. The SMILES string of the molecule is Cl.Cl.NCCOc1noc2c(N)cccc12. The molecule has 0 aliphatic heterocycles. The summed E-state index contributed by atoms with van der Waals surface area (Å²) in [6.45, 7) is 0.854. The van der Waals surface area contributed by atoms with Crippen molar-refractivity contribution in [1.29, 1.82) is 0 Å². The van der Waals surface area contributed by atoms with Gasteiger partial charge >= 0.3 is 0 Å². The summed E-state index contributed by atoms with van der Waals surface area (Å²) in [7, 11) is 0. The predicted octanol–water partition coefficient (Wildman–Crippen LogP) is 1.59. The minimum absolute atomic E-state index is 0. The minimum Gasteiger partial charge on any atom is -0.474 e. The molecule has 0 aliphatic carbocycles. The van der Waals surface area contributed by atoms with Crippen molar-refractivity contribution >= 4 is 41.5 Å². The van der Waals surface area contributed by atoms with Crippen LogP contribution in [0.1, 0.15) is 0 Å². The zero-order chi connectivity index (χ0) is 9.97. The van der Waals surface area contributed by atoms with Crippen LogP contribution in [-0.2, 0) is 0 Å². The Kier molecular flexibility index (Phi) is 5.95. The highest BCUT2D eigenvalue weighted by Crippen LogP contribution is 2.28. The Bertz CT molecular complexity index is 447. The largest absolute Gasteiger partial charge is 0.474 e. The van der Waals surface area contributed by atoms with Crippen molar-refractivity contribution in [2.45, 2.75) is 0 Å². The van der Waals surface area contributed by atoms with E-state index in [0.29, 0.717) is 30.3 Å². The van der Waals surface area contributed by atoms with Crippen LogP contribution in [0.15, 0.2) is 22.7 Å². The van der Waals surface area contributed by atoms with E-state index in [-0.39, 0.29) is 24.8 Å². The van der Waals surface area contributed by atoms with Crippen LogP contribution in [0.25, 0.3) is 11.0 Å². The van der Waals surface area contributed by atoms with Crippen molar-refractivity contribution in [2.24, 2.45) is 5.73 Å². The number of rotatable bonds is 3. The molecule has 0 radical (unpaired) electrons. The maximum Gasteiger partial charge on any atom is 0.262 e. The van der Waals surface area contributed by atoms with Crippen molar-refractivity contribution in [3.05, 3.63) is 18.2 Å². The molecule has 0 saturated carbocycles. The molecule has 1 heterocycles. The van der Waals surface area contributed by atoms with Crippen molar-refractivity contribution in [3.63, 3.8) is 0 Å². The van der Waals surface area contributed by atoms with E-state index >= 15 is 0 Å². The summed E-state index contributed by atoms with van der Waals surface area (Å²) in [5, 5.41) is 4.54. The monoisotopic (exact) mass is 265 g/mol. The highest BCUT2D eigenvalue weighted by molar-refractivity contribution is 5.91. The fraction of sp³-hybridized carbons (Fsp3) is 0.222. The molecular formula is C9H13Cl2N3O2. The Morgan fingerprint density at radius 3 is 2.75 bits per heavy atom. The van der Waals surface area contributed by atoms with E-state index in [4.69, 9.17) is 20.7 Å². The molecule has 16 heavy (non-hydrogen) atoms. The van der Waals surface area contributed by atoms with Crippen molar-refractivity contribution in [3.8, 4) is 5.88 Å². The van der Waals surface area contributed by atoms with Crippen LogP contribution < -0.4 is 16.2 Å². The van der Waals surface area contributed by atoms with Gasteiger partial charge < -0.3 is 20.7 Å². The summed E-state index contributed by atoms with van der Waals surface area (Å²) < 4.78 is 10.3. The lowest BCUT2D eigenvalue weighted by molar-refractivity contribution is 0.293. The molecule has 0 atom stereocenters. The number of benzene rings is 1. The number of ether oxygens (including phenoxy) is 1. The summed E-state index contributed by atoms with van der Waals surface area (Å²) in [5.74, 6) is 0.442. The Morgan fingerprint density at radius 2 is 2.06 bits per heavy atom. The number of hydrogen-bond donors (Lipinski definition) is 2. The molecule has 7 heteroatoms. The first kappa shape index (κ1) is 14.8. The summed E-state index contributed by atoms with van der Waals surface area (Å²) in [6, 6.07) is 5.42. The highest BCUT2D eigenvalue weighted by atomic mass is 35.5. The first-order valence-electron chi connectivity index (χ1n) is 4.29. The second kappa shape index (κ2) is 6.42. The summed E-state index contributed by atoms with van der Waals surface area (Å²) in [5.41, 5.74) is 12.1. The quantitative estimate of drug-likeness (QED) is 0.824. The van der Waals surface area contributed by atoms with E-state index in [1.54, 1.807) is 6.07 Å². The second-order valence-corrected chi connectivity index (χ2v) is 2.85. The third kappa shape index (κ3) is 2.69. The van der Waals surface area contributed by atoms with Gasteiger partial charge in [-0.1, -0.05) is 6.07 Å². The molecule has 0 aliphatic rings. The fourth-order valence-corrected chi connectivity index (χ4v) is 1.22. The molecule has 0 spiro atoms. The van der Waals surface area contributed by atoms with Gasteiger partial charge in [-0.2, -0.15) is 0 Å². The lowest BCUT2D eigenvalue weighted by Crippen LogP contribution is -2.10. The topological polar surface area (TPSA) is 87.3 Å². The Hall–Kier alpha value is -1.17. The molecule has 1 aromatic heterocycles. The summed E-state index contributed by atoms with van der Waals surface area (Å²) >= 11 is 0. The fourth-order valence-electron chi connectivity index (χ4n) is 1.22. The van der Waals surface area contributed by atoms with E-state index in [1.807, 2.05) is 12.1 Å². The Labute approximate surface area is 105 Å². The average Bonchev–Trinajstić information content (AvgIpc) is 2.60. The van der Waals surface area contributed by atoms with Crippen molar-refractivity contribution in [1.82, 2.24) is 5.16 Å². The van der Waals surface area contributed by atoms with Gasteiger partial charge in [-0.3, -0.25) is 0 Å². The van der Waals surface area contributed by atoms with Crippen LogP contribution in [0.2, 0.25) is 0 Å². The van der Waals surface area contributed by atoms with Gasteiger partial charge in [0.05, 0.1) is 11.1 Å². The molecule has 90 valence electrons. The molecule has 0 unspecified atom stereocenters. The van der Waals surface area contributed by atoms with Crippen molar-refractivity contribution < 1.29 is 9.26 Å². The normalized spacial score (nSPS) is 9.31. The van der Waals surface area contributed by atoms with Crippen LogP contribution in [0.3, 0.4) is 0 Å². The number of nitrogen functional groups attached to an aromatic ring is 1. The molecule has 0 amide bonds. The number of halogens is 2. The van der Waals surface area contributed by atoms with Crippen LogP contribution in [0, 0.1) is 0 Å². The molecule has 0 bridgehead atoms. The Morgan fingerprint density at radius 1 is 1.31 bits per heavy atom. The first-order chi connectivity index (χ1) is 6.83. The van der Waals surface area contributed by atoms with E-state index in [0.717, 1.165) is 5.39 Å². The zero-order valence-corrected chi connectivity index (χ0v) is 10.0. The standard InChI is InChI=1S/C9H11N3O2.2ClH/c10-4-5-13-9-6-2-1-3-7(11)8(6)14-12-9;;/h1-3H,4-5,10-11H2;2*1H. The average molecular weight is 266 g/mol. The van der Waals surface area contributed by atoms with Gasteiger partial charge in [0.2, 0.25) is 0 Å². The first-order valence-corrected chi connectivity index (χ1v) is 4.29. The molecule has 1 aromatic carbocycles. The van der Waals surface area contributed by atoms with Crippen LogP contribution in [-0.4, -0.2) is 18.3 Å². The molecule has 2 aromatic rings. The minimum atomic E-state index is 0. The molecule has 5 nitrogen and oxygen atoms in total. The van der Waals surface area contributed by atoms with Gasteiger partial charge in [-0.15, -0.1) is 24.8 Å². The van der Waals surface area contributed by atoms with Gasteiger partial charge in [-0.05, 0) is 17.3 Å². The molecule has 0 fully saturated rings. The van der Waals surface area contributed by atoms with E-state index in [9.17, 15) is 0 Å². The maximum absolute atomic E-state index is 5.68. The number of aromatic nitrogens is 1. The smallest absolute Gasteiger partial charge is 0.262 e. The van der Waals surface area contributed by atoms with Crippen LogP contribution in [0.5, 0.6) is 5.88 Å². The van der Waals surface area contributed by atoms with E-state index < -0.39 is 0 Å². The molecular weight excluding hydrogens is 253 g/mol. The van der Waals surface area contributed by atoms with Gasteiger partial charge in [0.1, 0.15) is 6.61 Å². The zero-order valence-electron chi connectivity index (χ0n) is 8.38. The highest BCUT2D eigenvalue weighted by Gasteiger charge is 2.10. The molecule has 2 rings (SSSR count). The number of para-hydroxylation sites is 1. The summed E-state index contributed by atoms with van der Waals surface area (Å²) in [6.07, 6.45) is 0. The van der Waals surface area contributed by atoms with E-state index in [2.05, 4.69) is 5.16 Å². The van der Waals surface area contributed by atoms with Gasteiger partial charge in [-0.25, -0.2) is 0 Å². The van der Waals surface area contributed by atoms with Gasteiger partial charge in [0, 0.05) is 6.54 Å². The lowest BCUT2D eigenvalue weighted by Gasteiger charge is -1.98. The molecule has 4 N–H and O–H groups in total. The third-order valence-electron chi connectivity index (χ3n) is 1.85. The van der Waals surface area contributed by atoms with Gasteiger partial charge in [0.15, 0.2) is 5.58 Å². The van der Waals surface area contributed by atoms with E-state index in [1.165, 1.54) is 0 Å². The maximum atomic E-state index is 5.68. The predicted molar refractivity (Wildman–Crippen MR) is 67.5 cm³/mol. The molecule has 0 saturated heterocycles. The lowest BCUT2D eigenvalue weighted by atomic mass is 10.2. The summed E-state index contributed by atoms with van der Waals surface area (Å²) in [4.78, 5) is 0. The van der Waals surface area contributed by atoms with Crippen molar-refractivity contribution in [2.75, 3.05) is 18.9 Å². The number of anilines is 1. The van der Waals surface area contributed by atoms with Crippen LogP contribution in [0.4, 0.5) is 5.69 Å².